The lowest BCUT2D eigenvalue weighted by atomic mass is 9.92. The van der Waals surface area contributed by atoms with E-state index in [2.05, 4.69) is 45.9 Å². The Balaban J connectivity index is 1.81. The predicted octanol–water partition coefficient (Wildman–Crippen LogP) is 3.29. The largest absolute Gasteiger partial charge is 0.381 e. The highest BCUT2D eigenvalue weighted by molar-refractivity contribution is 7.09. The van der Waals surface area contributed by atoms with E-state index in [0.717, 1.165) is 37.0 Å². The highest BCUT2D eigenvalue weighted by Gasteiger charge is 2.27. The Labute approximate surface area is 123 Å². The van der Waals surface area contributed by atoms with Crippen molar-refractivity contribution in [3.63, 3.8) is 0 Å². The molecular formula is C15H19N3OS. The molecule has 2 atom stereocenters. The molecule has 1 N–H and O–H groups in total. The van der Waals surface area contributed by atoms with Crippen LogP contribution in [0.25, 0.3) is 0 Å². The number of benzene rings is 1. The molecule has 0 unspecified atom stereocenters. The predicted molar refractivity (Wildman–Crippen MR) is 81.0 cm³/mol. The summed E-state index contributed by atoms with van der Waals surface area (Å²) >= 11 is 1.44. The fraction of sp³-hybridized carbons (Fsp3) is 0.467. The molecule has 1 aromatic carbocycles. The maximum atomic E-state index is 5.55. The molecule has 0 aliphatic carbocycles. The number of aromatic nitrogens is 2. The Morgan fingerprint density at radius 1 is 1.40 bits per heavy atom. The van der Waals surface area contributed by atoms with Crippen LogP contribution in [-0.4, -0.2) is 22.6 Å². The first kappa shape index (κ1) is 13.5. The Hall–Kier alpha value is -1.46. The number of hydrogen-bond acceptors (Lipinski definition) is 5. The van der Waals surface area contributed by atoms with E-state index in [4.69, 9.17) is 4.74 Å². The Morgan fingerprint density at radius 2 is 2.25 bits per heavy atom. The lowest BCUT2D eigenvalue weighted by Crippen LogP contribution is -2.21. The standard InChI is InChI=1S/C15H19N3OS/c1-2-13-16-15(20-18-13)17-14(12-8-9-19-10-12)11-6-4-3-5-7-11/h3-7,12,14H,2,8-10H2,1H3,(H,16,17,18)/t12-,14-/m0/s1. The third kappa shape index (κ3) is 2.99. The van der Waals surface area contributed by atoms with Gasteiger partial charge in [0, 0.05) is 30.5 Å². The van der Waals surface area contributed by atoms with Gasteiger partial charge in [-0.15, -0.1) is 0 Å². The smallest absolute Gasteiger partial charge is 0.203 e. The third-order valence-corrected chi connectivity index (χ3v) is 4.34. The van der Waals surface area contributed by atoms with Crippen LogP contribution in [0.1, 0.15) is 30.8 Å². The highest BCUT2D eigenvalue weighted by atomic mass is 32.1. The summed E-state index contributed by atoms with van der Waals surface area (Å²) in [7, 11) is 0. The third-order valence-electron chi connectivity index (χ3n) is 3.66. The molecule has 1 saturated heterocycles. The van der Waals surface area contributed by atoms with Crippen molar-refractivity contribution < 1.29 is 4.74 Å². The second-order valence-electron chi connectivity index (χ2n) is 5.03. The molecule has 20 heavy (non-hydrogen) atoms. The van der Waals surface area contributed by atoms with E-state index in [1.807, 2.05) is 6.07 Å². The van der Waals surface area contributed by atoms with Crippen molar-refractivity contribution in [2.45, 2.75) is 25.8 Å². The number of rotatable bonds is 5. The second kappa shape index (κ2) is 6.33. The summed E-state index contributed by atoms with van der Waals surface area (Å²) in [6.07, 6.45) is 1.97. The molecule has 1 aliphatic heterocycles. The summed E-state index contributed by atoms with van der Waals surface area (Å²) in [5, 5.41) is 4.46. The zero-order chi connectivity index (χ0) is 13.8. The van der Waals surface area contributed by atoms with E-state index in [9.17, 15) is 0 Å². The molecule has 0 saturated carbocycles. The van der Waals surface area contributed by atoms with Gasteiger partial charge in [0.1, 0.15) is 5.82 Å². The molecule has 1 fully saturated rings. The molecule has 1 aromatic heterocycles. The average molecular weight is 289 g/mol. The summed E-state index contributed by atoms with van der Waals surface area (Å²) in [5.74, 6) is 1.40. The van der Waals surface area contributed by atoms with E-state index < -0.39 is 0 Å². The van der Waals surface area contributed by atoms with Gasteiger partial charge in [-0.1, -0.05) is 37.3 Å². The second-order valence-corrected chi connectivity index (χ2v) is 5.78. The van der Waals surface area contributed by atoms with Crippen molar-refractivity contribution in [2.75, 3.05) is 18.5 Å². The fourth-order valence-electron chi connectivity index (χ4n) is 2.54. The quantitative estimate of drug-likeness (QED) is 0.917. The summed E-state index contributed by atoms with van der Waals surface area (Å²) in [4.78, 5) is 4.52. The van der Waals surface area contributed by atoms with Crippen LogP contribution in [0.3, 0.4) is 0 Å². The number of nitrogens with one attached hydrogen (secondary N) is 1. The minimum Gasteiger partial charge on any atom is -0.381 e. The number of anilines is 1. The lowest BCUT2D eigenvalue weighted by molar-refractivity contribution is 0.182. The van der Waals surface area contributed by atoms with Crippen LogP contribution < -0.4 is 5.32 Å². The van der Waals surface area contributed by atoms with E-state index in [-0.39, 0.29) is 6.04 Å². The molecule has 1 aliphatic rings. The molecule has 2 aromatic rings. The van der Waals surface area contributed by atoms with Gasteiger partial charge in [0.25, 0.3) is 0 Å². The van der Waals surface area contributed by atoms with E-state index in [1.54, 1.807) is 0 Å². The van der Waals surface area contributed by atoms with Crippen LogP contribution in [0.2, 0.25) is 0 Å². The van der Waals surface area contributed by atoms with Crippen molar-refractivity contribution in [2.24, 2.45) is 5.92 Å². The fourth-order valence-corrected chi connectivity index (χ4v) is 3.23. The number of hydrogen-bond donors (Lipinski definition) is 1. The monoisotopic (exact) mass is 289 g/mol. The molecule has 0 bridgehead atoms. The maximum Gasteiger partial charge on any atom is 0.203 e. The first-order valence-electron chi connectivity index (χ1n) is 7.08. The lowest BCUT2D eigenvalue weighted by Gasteiger charge is -2.23. The van der Waals surface area contributed by atoms with Gasteiger partial charge in [-0.05, 0) is 12.0 Å². The maximum absolute atomic E-state index is 5.55. The molecule has 4 nitrogen and oxygen atoms in total. The molecule has 0 radical (unpaired) electrons. The summed E-state index contributed by atoms with van der Waals surface area (Å²) in [6, 6.07) is 10.8. The van der Waals surface area contributed by atoms with Gasteiger partial charge in [0.05, 0.1) is 12.6 Å². The van der Waals surface area contributed by atoms with Crippen molar-refractivity contribution in [1.82, 2.24) is 9.36 Å². The van der Waals surface area contributed by atoms with Gasteiger partial charge < -0.3 is 10.1 Å². The molecular weight excluding hydrogens is 270 g/mol. The van der Waals surface area contributed by atoms with Gasteiger partial charge >= 0.3 is 0 Å². The minimum absolute atomic E-state index is 0.247. The van der Waals surface area contributed by atoms with Crippen molar-refractivity contribution >= 4 is 16.7 Å². The molecule has 106 valence electrons. The van der Waals surface area contributed by atoms with Gasteiger partial charge in [-0.2, -0.15) is 4.37 Å². The van der Waals surface area contributed by atoms with Gasteiger partial charge in [-0.25, -0.2) is 4.98 Å². The van der Waals surface area contributed by atoms with E-state index in [0.29, 0.717) is 5.92 Å². The topological polar surface area (TPSA) is 47.0 Å². The first-order valence-corrected chi connectivity index (χ1v) is 7.86. The molecule has 0 spiro atoms. The van der Waals surface area contributed by atoms with Crippen molar-refractivity contribution in [1.29, 1.82) is 0 Å². The van der Waals surface area contributed by atoms with Gasteiger partial charge in [0.2, 0.25) is 5.13 Å². The molecule has 5 heteroatoms. The van der Waals surface area contributed by atoms with E-state index >= 15 is 0 Å². The molecule has 0 amide bonds. The van der Waals surface area contributed by atoms with Crippen LogP contribution in [0.4, 0.5) is 5.13 Å². The summed E-state index contributed by atoms with van der Waals surface area (Å²) in [6.45, 7) is 3.74. The van der Waals surface area contributed by atoms with Crippen LogP contribution in [-0.2, 0) is 11.2 Å². The zero-order valence-electron chi connectivity index (χ0n) is 11.6. The van der Waals surface area contributed by atoms with Crippen LogP contribution in [0.15, 0.2) is 30.3 Å². The molecule has 3 rings (SSSR count). The van der Waals surface area contributed by atoms with Crippen LogP contribution in [0, 0.1) is 5.92 Å². The van der Waals surface area contributed by atoms with Crippen molar-refractivity contribution in [3.05, 3.63) is 41.7 Å². The number of aryl methyl sites for hydroxylation is 1. The first-order chi connectivity index (χ1) is 9.86. The number of ether oxygens (including phenoxy) is 1. The van der Waals surface area contributed by atoms with Crippen LogP contribution >= 0.6 is 11.5 Å². The summed E-state index contributed by atoms with van der Waals surface area (Å²) < 4.78 is 9.90. The Kier molecular flexibility index (Phi) is 4.28. The normalized spacial score (nSPS) is 19.9. The van der Waals surface area contributed by atoms with E-state index in [1.165, 1.54) is 17.1 Å². The summed E-state index contributed by atoms with van der Waals surface area (Å²) in [5.41, 5.74) is 1.29. The Morgan fingerprint density at radius 3 is 2.90 bits per heavy atom. The van der Waals surface area contributed by atoms with Crippen LogP contribution in [0.5, 0.6) is 0 Å². The van der Waals surface area contributed by atoms with Gasteiger partial charge in [-0.3, -0.25) is 0 Å². The van der Waals surface area contributed by atoms with Crippen molar-refractivity contribution in [3.8, 4) is 0 Å². The highest BCUT2D eigenvalue weighted by Crippen LogP contribution is 2.32. The average Bonchev–Trinajstić information content (AvgIpc) is 3.17. The van der Waals surface area contributed by atoms with Gasteiger partial charge in [0.15, 0.2) is 0 Å². The zero-order valence-corrected chi connectivity index (χ0v) is 12.4. The Bertz CT molecular complexity index is 537. The number of nitrogens with zero attached hydrogens (tertiary/aromatic N) is 2. The SMILES string of the molecule is CCc1nsc(N[C@@H](c2ccccc2)[C@H]2CCOC2)n1. The minimum atomic E-state index is 0.247. The molecule has 2 heterocycles.